The van der Waals surface area contributed by atoms with Gasteiger partial charge in [-0.05, 0) is 18.2 Å². The monoisotopic (exact) mass is 277 g/mol. The van der Waals surface area contributed by atoms with Gasteiger partial charge in [0.25, 0.3) is 5.91 Å². The van der Waals surface area contributed by atoms with Crippen LogP contribution >= 0.6 is 0 Å². The third kappa shape index (κ3) is 2.68. The van der Waals surface area contributed by atoms with E-state index in [0.717, 1.165) is 5.69 Å². The van der Waals surface area contributed by atoms with Gasteiger partial charge < -0.3 is 20.3 Å². The number of likely N-dealkylation sites (N-methyl/N-ethyl adjacent to an activating group) is 1. The van der Waals surface area contributed by atoms with Crippen molar-refractivity contribution >= 4 is 23.3 Å². The van der Waals surface area contributed by atoms with Crippen LogP contribution < -0.4 is 10.6 Å². The van der Waals surface area contributed by atoms with Crippen LogP contribution in [0.5, 0.6) is 0 Å². The van der Waals surface area contributed by atoms with E-state index < -0.39 is 12.1 Å². The summed E-state index contributed by atoms with van der Waals surface area (Å²) in [5, 5.41) is 0. The molecule has 1 heterocycles. The minimum Gasteiger partial charge on any atom is -0.449 e. The average Bonchev–Trinajstić information content (AvgIpc) is 2.70. The standard InChI is InChI=1S/C14H19N3O3/c1-16(2)11-5-4-9(8-10(11)15)14(19)20-12-6-7-17(3)13(12)18/h4-5,8,12H,6-7,15H2,1-3H3. The Bertz CT molecular complexity index is 542. The molecule has 1 aliphatic heterocycles. The summed E-state index contributed by atoms with van der Waals surface area (Å²) in [6.07, 6.45) is -0.144. The highest BCUT2D eigenvalue weighted by Crippen LogP contribution is 2.23. The van der Waals surface area contributed by atoms with Crippen molar-refractivity contribution in [2.75, 3.05) is 38.3 Å². The number of esters is 1. The molecule has 20 heavy (non-hydrogen) atoms. The molecule has 1 atom stereocenters. The number of hydrogen-bond donors (Lipinski definition) is 1. The van der Waals surface area contributed by atoms with E-state index in [1.165, 1.54) is 0 Å². The van der Waals surface area contributed by atoms with Gasteiger partial charge in [0.15, 0.2) is 6.10 Å². The molecule has 6 nitrogen and oxygen atoms in total. The maximum absolute atomic E-state index is 12.0. The first-order chi connectivity index (χ1) is 9.40. The highest BCUT2D eigenvalue weighted by Gasteiger charge is 2.32. The van der Waals surface area contributed by atoms with Crippen molar-refractivity contribution < 1.29 is 14.3 Å². The fraction of sp³-hybridized carbons (Fsp3) is 0.429. The van der Waals surface area contributed by atoms with Gasteiger partial charge in [0.2, 0.25) is 0 Å². The lowest BCUT2D eigenvalue weighted by molar-refractivity contribution is -0.133. The zero-order valence-electron chi connectivity index (χ0n) is 11.9. The quantitative estimate of drug-likeness (QED) is 0.651. The van der Waals surface area contributed by atoms with Crippen LogP contribution in [0.15, 0.2) is 18.2 Å². The molecule has 6 heteroatoms. The molecule has 1 aliphatic rings. The summed E-state index contributed by atoms with van der Waals surface area (Å²) in [6, 6.07) is 4.98. The molecule has 1 aromatic rings. The molecule has 1 unspecified atom stereocenters. The maximum Gasteiger partial charge on any atom is 0.338 e. The van der Waals surface area contributed by atoms with Crippen molar-refractivity contribution in [1.29, 1.82) is 0 Å². The van der Waals surface area contributed by atoms with Crippen molar-refractivity contribution in [3.63, 3.8) is 0 Å². The third-order valence-corrected chi connectivity index (χ3v) is 3.37. The summed E-state index contributed by atoms with van der Waals surface area (Å²) in [7, 11) is 5.44. The molecule has 1 amide bonds. The number of amides is 1. The van der Waals surface area contributed by atoms with E-state index in [-0.39, 0.29) is 5.91 Å². The Hall–Kier alpha value is -2.24. The fourth-order valence-electron chi connectivity index (χ4n) is 2.19. The number of anilines is 2. The van der Waals surface area contributed by atoms with Crippen molar-refractivity contribution in [2.45, 2.75) is 12.5 Å². The molecule has 1 fully saturated rings. The van der Waals surface area contributed by atoms with Crippen LogP contribution in [0.25, 0.3) is 0 Å². The SMILES string of the molecule is CN1CCC(OC(=O)c2ccc(N(C)C)c(N)c2)C1=O. The van der Waals surface area contributed by atoms with Gasteiger partial charge in [0.1, 0.15) is 0 Å². The molecule has 0 spiro atoms. The molecule has 0 aliphatic carbocycles. The first-order valence-electron chi connectivity index (χ1n) is 6.43. The zero-order valence-corrected chi connectivity index (χ0v) is 11.9. The summed E-state index contributed by atoms with van der Waals surface area (Å²) >= 11 is 0. The summed E-state index contributed by atoms with van der Waals surface area (Å²) in [5.41, 5.74) is 7.58. The molecule has 0 aromatic heterocycles. The van der Waals surface area contributed by atoms with E-state index in [9.17, 15) is 9.59 Å². The van der Waals surface area contributed by atoms with E-state index in [4.69, 9.17) is 10.5 Å². The van der Waals surface area contributed by atoms with Gasteiger partial charge in [0, 0.05) is 34.1 Å². The summed E-state index contributed by atoms with van der Waals surface area (Å²) in [5.74, 6) is -0.674. The highest BCUT2D eigenvalue weighted by atomic mass is 16.5. The maximum atomic E-state index is 12.0. The van der Waals surface area contributed by atoms with Gasteiger partial charge in [-0.15, -0.1) is 0 Å². The van der Waals surface area contributed by atoms with Gasteiger partial charge in [0.05, 0.1) is 16.9 Å². The van der Waals surface area contributed by atoms with Crippen molar-refractivity contribution in [1.82, 2.24) is 4.90 Å². The van der Waals surface area contributed by atoms with E-state index in [1.54, 1.807) is 30.1 Å². The lowest BCUT2D eigenvalue weighted by atomic mass is 10.1. The molecule has 0 radical (unpaired) electrons. The molecule has 2 N–H and O–H groups in total. The number of carbonyl (C=O) groups is 2. The number of carbonyl (C=O) groups excluding carboxylic acids is 2. The van der Waals surface area contributed by atoms with Crippen molar-refractivity contribution in [3.05, 3.63) is 23.8 Å². The molecular formula is C14H19N3O3. The van der Waals surface area contributed by atoms with Crippen LogP contribution in [0, 0.1) is 0 Å². The number of ether oxygens (including phenoxy) is 1. The fourth-order valence-corrected chi connectivity index (χ4v) is 2.19. The Labute approximate surface area is 118 Å². The largest absolute Gasteiger partial charge is 0.449 e. The number of nitrogens with zero attached hydrogens (tertiary/aromatic N) is 2. The number of rotatable bonds is 3. The third-order valence-electron chi connectivity index (χ3n) is 3.37. The van der Waals surface area contributed by atoms with Crippen molar-refractivity contribution in [2.24, 2.45) is 0 Å². The normalized spacial score (nSPS) is 18.2. The van der Waals surface area contributed by atoms with Gasteiger partial charge in [-0.25, -0.2) is 4.79 Å². The zero-order chi connectivity index (χ0) is 14.9. The lowest BCUT2D eigenvalue weighted by Gasteiger charge is -2.16. The molecule has 108 valence electrons. The second kappa shape index (κ2) is 5.40. The van der Waals surface area contributed by atoms with Crippen LogP contribution in [-0.4, -0.2) is 50.6 Å². The Balaban J connectivity index is 2.10. The summed E-state index contributed by atoms with van der Waals surface area (Å²) < 4.78 is 5.24. The Kier molecular flexibility index (Phi) is 3.83. The number of nitrogens with two attached hydrogens (primary N) is 1. The molecule has 1 saturated heterocycles. The predicted molar refractivity (Wildman–Crippen MR) is 76.6 cm³/mol. The Morgan fingerprint density at radius 1 is 1.45 bits per heavy atom. The minimum absolute atomic E-state index is 0.156. The number of hydrogen-bond acceptors (Lipinski definition) is 5. The molecular weight excluding hydrogens is 258 g/mol. The first kappa shape index (κ1) is 14.2. The summed E-state index contributed by atoms with van der Waals surface area (Å²) in [4.78, 5) is 27.1. The first-order valence-corrected chi connectivity index (χ1v) is 6.43. The second-order valence-electron chi connectivity index (χ2n) is 5.11. The van der Waals surface area contributed by atoms with E-state index in [1.807, 2.05) is 19.0 Å². The topological polar surface area (TPSA) is 75.9 Å². The van der Waals surface area contributed by atoms with Crippen LogP contribution in [0.2, 0.25) is 0 Å². The van der Waals surface area contributed by atoms with Gasteiger partial charge in [-0.1, -0.05) is 0 Å². The van der Waals surface area contributed by atoms with Crippen LogP contribution in [0.3, 0.4) is 0 Å². The second-order valence-corrected chi connectivity index (χ2v) is 5.11. The van der Waals surface area contributed by atoms with Gasteiger partial charge in [-0.3, -0.25) is 4.79 Å². The Morgan fingerprint density at radius 3 is 2.65 bits per heavy atom. The highest BCUT2D eigenvalue weighted by molar-refractivity contribution is 5.94. The van der Waals surface area contributed by atoms with E-state index in [0.29, 0.717) is 24.2 Å². The molecule has 0 bridgehead atoms. The van der Waals surface area contributed by atoms with E-state index >= 15 is 0 Å². The molecule has 0 saturated carbocycles. The number of benzene rings is 1. The van der Waals surface area contributed by atoms with Gasteiger partial charge >= 0.3 is 5.97 Å². The molecule has 1 aromatic carbocycles. The average molecular weight is 277 g/mol. The number of likely N-dealkylation sites (tertiary alicyclic amines) is 1. The minimum atomic E-state index is -0.678. The van der Waals surface area contributed by atoms with E-state index in [2.05, 4.69) is 0 Å². The molecule has 2 rings (SSSR count). The lowest BCUT2D eigenvalue weighted by Crippen LogP contribution is -2.29. The Morgan fingerprint density at radius 2 is 2.15 bits per heavy atom. The van der Waals surface area contributed by atoms with Crippen LogP contribution in [0.4, 0.5) is 11.4 Å². The smallest absolute Gasteiger partial charge is 0.338 e. The van der Waals surface area contributed by atoms with Crippen LogP contribution in [0.1, 0.15) is 16.8 Å². The number of nitrogen functional groups attached to an aromatic ring is 1. The van der Waals surface area contributed by atoms with Gasteiger partial charge in [-0.2, -0.15) is 0 Å². The van der Waals surface area contributed by atoms with Crippen molar-refractivity contribution in [3.8, 4) is 0 Å². The summed E-state index contributed by atoms with van der Waals surface area (Å²) in [6.45, 7) is 0.610. The predicted octanol–water partition coefficient (Wildman–Crippen LogP) is 0.722. The van der Waals surface area contributed by atoms with Crippen LogP contribution in [-0.2, 0) is 9.53 Å².